The number of hydrogen-bond donors (Lipinski definition) is 0. The zero-order valence-electron chi connectivity index (χ0n) is 7.19. The van der Waals surface area contributed by atoms with Gasteiger partial charge in [0.25, 0.3) is 0 Å². The molecule has 0 N–H and O–H groups in total. The van der Waals surface area contributed by atoms with Gasteiger partial charge >= 0.3 is 29.6 Å². The molecule has 1 atom stereocenters. The molecule has 0 saturated heterocycles. The van der Waals surface area contributed by atoms with E-state index in [1.54, 1.807) is 6.92 Å². The van der Waals surface area contributed by atoms with E-state index in [0.717, 1.165) is 6.42 Å². The van der Waals surface area contributed by atoms with Crippen LogP contribution in [0.1, 0.15) is 34.1 Å². The van der Waals surface area contributed by atoms with Crippen LogP contribution in [-0.4, -0.2) is 5.60 Å². The van der Waals surface area contributed by atoms with Gasteiger partial charge in [0.2, 0.25) is 0 Å². The molecule has 0 aromatic carbocycles. The van der Waals surface area contributed by atoms with Crippen LogP contribution < -0.4 is 34.7 Å². The van der Waals surface area contributed by atoms with Crippen molar-refractivity contribution in [2.24, 2.45) is 5.92 Å². The summed E-state index contributed by atoms with van der Waals surface area (Å²) in [5.74, 6) is 0.257. The average molecular weight is 138 g/mol. The fourth-order valence-corrected chi connectivity index (χ4v) is 0.408. The fourth-order valence-electron chi connectivity index (χ4n) is 0.408. The smallest absolute Gasteiger partial charge is 0.849 e. The van der Waals surface area contributed by atoms with Crippen LogP contribution >= 0.6 is 0 Å². The van der Waals surface area contributed by atoms with Gasteiger partial charge < -0.3 is 5.11 Å². The van der Waals surface area contributed by atoms with Crippen LogP contribution in [0.2, 0.25) is 0 Å². The summed E-state index contributed by atoms with van der Waals surface area (Å²) < 4.78 is 0. The fraction of sp³-hybridized carbons (Fsp3) is 1.00. The summed E-state index contributed by atoms with van der Waals surface area (Å²) in [6, 6.07) is 0. The zero-order valence-corrected chi connectivity index (χ0v) is 9.19. The molecule has 0 aromatic heterocycles. The summed E-state index contributed by atoms with van der Waals surface area (Å²) >= 11 is 0. The van der Waals surface area contributed by atoms with Crippen LogP contribution in [-0.2, 0) is 0 Å². The Kier molecular flexibility index (Phi) is 6.63. The molecule has 0 heterocycles. The van der Waals surface area contributed by atoms with Crippen LogP contribution in [0.3, 0.4) is 0 Å². The predicted octanol–water partition coefficient (Wildman–Crippen LogP) is -1.82. The van der Waals surface area contributed by atoms with Crippen molar-refractivity contribution in [1.82, 2.24) is 0 Å². The van der Waals surface area contributed by atoms with Gasteiger partial charge in [-0.25, -0.2) is 0 Å². The number of rotatable bonds is 2. The molecule has 2 heteroatoms. The molecule has 1 nitrogen and oxygen atoms in total. The predicted molar refractivity (Wildman–Crippen MR) is 33.5 cm³/mol. The normalized spacial score (nSPS) is 16.7. The third kappa shape index (κ3) is 4.38. The zero-order chi connectivity index (χ0) is 6.78. The Hall–Kier alpha value is 0.960. The van der Waals surface area contributed by atoms with Crippen LogP contribution in [0.4, 0.5) is 0 Å². The van der Waals surface area contributed by atoms with Gasteiger partial charge in [-0.2, -0.15) is 0 Å². The second-order valence-corrected chi connectivity index (χ2v) is 2.82. The average Bonchev–Trinajstić information content (AvgIpc) is 1.67. The second-order valence-electron chi connectivity index (χ2n) is 2.82. The van der Waals surface area contributed by atoms with Crippen molar-refractivity contribution in [2.75, 3.05) is 0 Å². The van der Waals surface area contributed by atoms with Gasteiger partial charge in [-0.15, -0.1) is 5.60 Å². The SMILES string of the molecule is CCC(C)([O-])C(C)C.[Na+]. The molecule has 0 amide bonds. The van der Waals surface area contributed by atoms with Gasteiger partial charge in [-0.1, -0.05) is 40.0 Å². The van der Waals surface area contributed by atoms with Crippen molar-refractivity contribution >= 4 is 0 Å². The third-order valence-electron chi connectivity index (χ3n) is 1.92. The molecule has 0 aliphatic heterocycles. The molecule has 9 heavy (non-hydrogen) atoms. The summed E-state index contributed by atoms with van der Waals surface area (Å²) in [5.41, 5.74) is -0.708. The Labute approximate surface area is 80.1 Å². The van der Waals surface area contributed by atoms with E-state index < -0.39 is 5.60 Å². The molecule has 0 bridgehead atoms. The van der Waals surface area contributed by atoms with Gasteiger partial charge in [-0.3, -0.25) is 0 Å². The quantitative estimate of drug-likeness (QED) is 0.412. The monoisotopic (exact) mass is 138 g/mol. The molecule has 1 unspecified atom stereocenters. The van der Waals surface area contributed by atoms with Crippen LogP contribution in [0.15, 0.2) is 0 Å². The second kappa shape index (κ2) is 4.73. The molecule has 0 fully saturated rings. The van der Waals surface area contributed by atoms with Crippen molar-refractivity contribution in [3.8, 4) is 0 Å². The Balaban J connectivity index is 0. The number of hydrogen-bond acceptors (Lipinski definition) is 1. The summed E-state index contributed by atoms with van der Waals surface area (Å²) in [6.07, 6.45) is 0.727. The molecule has 0 aromatic rings. The Bertz CT molecular complexity index is 69.3. The van der Waals surface area contributed by atoms with E-state index in [9.17, 15) is 5.11 Å². The minimum atomic E-state index is -0.708. The van der Waals surface area contributed by atoms with E-state index in [2.05, 4.69) is 0 Å². The topological polar surface area (TPSA) is 23.1 Å². The summed E-state index contributed by atoms with van der Waals surface area (Å²) in [7, 11) is 0. The first-order valence-electron chi connectivity index (χ1n) is 3.21. The largest absolute Gasteiger partial charge is 1.00 e. The maximum Gasteiger partial charge on any atom is 1.00 e. The van der Waals surface area contributed by atoms with Crippen LogP contribution in [0.5, 0.6) is 0 Å². The van der Waals surface area contributed by atoms with E-state index in [-0.39, 0.29) is 35.5 Å². The van der Waals surface area contributed by atoms with Crippen molar-refractivity contribution in [3.05, 3.63) is 0 Å². The first-order valence-corrected chi connectivity index (χ1v) is 3.21. The molecule has 0 rings (SSSR count). The molecule has 0 radical (unpaired) electrons. The Morgan fingerprint density at radius 3 is 1.78 bits per heavy atom. The van der Waals surface area contributed by atoms with E-state index in [0.29, 0.717) is 0 Å². The molecule has 0 aliphatic rings. The molecule has 50 valence electrons. The van der Waals surface area contributed by atoms with E-state index in [4.69, 9.17) is 0 Å². The van der Waals surface area contributed by atoms with Gasteiger partial charge in [0, 0.05) is 0 Å². The van der Waals surface area contributed by atoms with Gasteiger partial charge in [0.1, 0.15) is 0 Å². The molecular weight excluding hydrogens is 123 g/mol. The van der Waals surface area contributed by atoms with Gasteiger partial charge in [0.05, 0.1) is 0 Å². The summed E-state index contributed by atoms with van der Waals surface area (Å²) in [4.78, 5) is 0. The third-order valence-corrected chi connectivity index (χ3v) is 1.92. The minimum absolute atomic E-state index is 0. The van der Waals surface area contributed by atoms with Gasteiger partial charge in [-0.05, 0) is 0 Å². The summed E-state index contributed by atoms with van der Waals surface area (Å²) in [5, 5.41) is 11.2. The van der Waals surface area contributed by atoms with Crippen molar-refractivity contribution in [2.45, 2.75) is 39.7 Å². The van der Waals surface area contributed by atoms with E-state index >= 15 is 0 Å². The van der Waals surface area contributed by atoms with Crippen LogP contribution in [0, 0.1) is 5.92 Å². The van der Waals surface area contributed by atoms with Crippen LogP contribution in [0.25, 0.3) is 0 Å². The standard InChI is InChI=1S/C7H15O.Na/c1-5-7(4,8)6(2)3;/h6H,5H2,1-4H3;/q-1;+1. The Morgan fingerprint density at radius 2 is 1.78 bits per heavy atom. The van der Waals surface area contributed by atoms with E-state index in [1.807, 2.05) is 20.8 Å². The first-order chi connectivity index (χ1) is 3.50. The van der Waals surface area contributed by atoms with Crippen molar-refractivity contribution in [3.63, 3.8) is 0 Å². The molecule has 0 aliphatic carbocycles. The van der Waals surface area contributed by atoms with Gasteiger partial charge in [0.15, 0.2) is 0 Å². The minimum Gasteiger partial charge on any atom is -0.849 e. The maximum absolute atomic E-state index is 11.2. The van der Waals surface area contributed by atoms with Crippen molar-refractivity contribution in [1.29, 1.82) is 0 Å². The maximum atomic E-state index is 11.2. The van der Waals surface area contributed by atoms with E-state index in [1.165, 1.54) is 0 Å². The van der Waals surface area contributed by atoms with Crippen molar-refractivity contribution < 1.29 is 34.7 Å². The molecular formula is C7H15NaO. The Morgan fingerprint density at radius 1 is 1.44 bits per heavy atom. The summed E-state index contributed by atoms with van der Waals surface area (Å²) in [6.45, 7) is 7.64. The molecule has 0 saturated carbocycles. The first kappa shape index (κ1) is 12.6. The molecule has 0 spiro atoms.